The van der Waals surface area contributed by atoms with Crippen LogP contribution >= 0.6 is 50.2 Å². The van der Waals surface area contributed by atoms with Crippen LogP contribution in [-0.2, 0) is 0 Å². The average molecular weight is 450 g/mol. The van der Waals surface area contributed by atoms with Crippen LogP contribution in [0.2, 0.25) is 0 Å². The Morgan fingerprint density at radius 3 is 2.88 bits per heavy atom. The van der Waals surface area contributed by atoms with Gasteiger partial charge in [-0.15, -0.1) is 22.7 Å². The SMILES string of the molecule is O=c1[nH]c(/C(Cl)=C\c2cccc(Br)c2)nc2scc(-c3cccs3)c12. The molecular weight excluding hydrogens is 440 g/mol. The van der Waals surface area contributed by atoms with Gasteiger partial charge in [-0.3, -0.25) is 4.79 Å². The van der Waals surface area contributed by atoms with Gasteiger partial charge in [0.2, 0.25) is 0 Å². The Morgan fingerprint density at radius 1 is 1.24 bits per heavy atom. The van der Waals surface area contributed by atoms with Crippen molar-refractivity contribution in [2.75, 3.05) is 0 Å². The molecule has 7 heteroatoms. The van der Waals surface area contributed by atoms with E-state index < -0.39 is 0 Å². The molecule has 1 aromatic carbocycles. The van der Waals surface area contributed by atoms with Gasteiger partial charge in [0, 0.05) is 20.3 Å². The van der Waals surface area contributed by atoms with Crippen LogP contribution in [0.1, 0.15) is 11.4 Å². The summed E-state index contributed by atoms with van der Waals surface area (Å²) in [7, 11) is 0. The minimum Gasteiger partial charge on any atom is -0.305 e. The Labute approximate surface area is 164 Å². The maximum Gasteiger partial charge on any atom is 0.260 e. The van der Waals surface area contributed by atoms with E-state index in [1.165, 1.54) is 11.3 Å². The third kappa shape index (κ3) is 3.35. The first kappa shape index (κ1) is 16.7. The van der Waals surface area contributed by atoms with E-state index in [0.29, 0.717) is 21.1 Å². The molecule has 4 rings (SSSR count). The molecule has 0 fully saturated rings. The Hall–Kier alpha value is -1.73. The van der Waals surface area contributed by atoms with Gasteiger partial charge in [-0.2, -0.15) is 0 Å². The number of nitrogens with one attached hydrogen (secondary N) is 1. The van der Waals surface area contributed by atoms with Crippen LogP contribution in [0.3, 0.4) is 0 Å². The third-order valence-electron chi connectivity index (χ3n) is 3.60. The number of nitrogens with zero attached hydrogens (tertiary/aromatic N) is 1. The molecule has 3 heterocycles. The molecule has 0 aliphatic carbocycles. The van der Waals surface area contributed by atoms with Gasteiger partial charge >= 0.3 is 0 Å². The molecule has 0 bridgehead atoms. The first-order valence-electron chi connectivity index (χ1n) is 7.30. The summed E-state index contributed by atoms with van der Waals surface area (Å²) >= 11 is 12.9. The molecule has 0 atom stereocenters. The second-order valence-electron chi connectivity index (χ2n) is 5.27. The van der Waals surface area contributed by atoms with Gasteiger partial charge in [0.15, 0.2) is 5.82 Å². The first-order valence-corrected chi connectivity index (χ1v) is 10.2. The molecule has 3 aromatic heterocycles. The minimum absolute atomic E-state index is 0.176. The summed E-state index contributed by atoms with van der Waals surface area (Å²) in [6, 6.07) is 11.7. The number of fused-ring (bicyclic) bond motifs is 1. The van der Waals surface area contributed by atoms with E-state index in [9.17, 15) is 4.79 Å². The summed E-state index contributed by atoms with van der Waals surface area (Å²) < 4.78 is 0.960. The second-order valence-corrected chi connectivity index (χ2v) is 8.40. The van der Waals surface area contributed by atoms with Crippen LogP contribution in [0.4, 0.5) is 0 Å². The van der Waals surface area contributed by atoms with E-state index in [4.69, 9.17) is 11.6 Å². The highest BCUT2D eigenvalue weighted by molar-refractivity contribution is 9.10. The molecule has 3 nitrogen and oxygen atoms in total. The van der Waals surface area contributed by atoms with Crippen LogP contribution in [0.5, 0.6) is 0 Å². The minimum atomic E-state index is -0.176. The van der Waals surface area contributed by atoms with Crippen LogP contribution in [-0.4, -0.2) is 9.97 Å². The molecule has 0 amide bonds. The van der Waals surface area contributed by atoms with Gasteiger partial charge < -0.3 is 4.98 Å². The molecule has 25 heavy (non-hydrogen) atoms. The van der Waals surface area contributed by atoms with Gasteiger partial charge in [0.25, 0.3) is 5.56 Å². The van der Waals surface area contributed by atoms with Gasteiger partial charge in [-0.25, -0.2) is 4.98 Å². The smallest absolute Gasteiger partial charge is 0.260 e. The fourth-order valence-electron chi connectivity index (χ4n) is 2.49. The first-order chi connectivity index (χ1) is 12.1. The summed E-state index contributed by atoms with van der Waals surface area (Å²) in [4.78, 5) is 21.7. The van der Waals surface area contributed by atoms with Crippen molar-refractivity contribution >= 4 is 71.5 Å². The lowest BCUT2D eigenvalue weighted by molar-refractivity contribution is 1.14. The fourth-order valence-corrected chi connectivity index (χ4v) is 4.88. The quantitative estimate of drug-likeness (QED) is 0.404. The van der Waals surface area contributed by atoms with Crippen LogP contribution < -0.4 is 5.56 Å². The Bertz CT molecular complexity index is 1150. The normalized spacial score (nSPS) is 12.0. The van der Waals surface area contributed by atoms with Crippen LogP contribution in [0.15, 0.2) is 56.4 Å². The fraction of sp³-hybridized carbons (Fsp3) is 0. The van der Waals surface area contributed by atoms with E-state index in [2.05, 4.69) is 25.9 Å². The summed E-state index contributed by atoms with van der Waals surface area (Å²) in [6.07, 6.45) is 1.78. The number of benzene rings is 1. The zero-order valence-corrected chi connectivity index (χ0v) is 16.6. The number of halogens is 2. The standard InChI is InChI=1S/C18H10BrClN2OS2/c19-11-4-1-3-10(7-11)8-13(20)16-21-17(23)15-12(9-25-18(15)22-16)14-5-2-6-24-14/h1-9H,(H,21,22,23)/b13-8+. The molecule has 0 saturated carbocycles. The number of H-pyrrole nitrogens is 1. The predicted octanol–water partition coefficient (Wildman–Crippen LogP) is 6.21. The number of aromatic amines is 1. The van der Waals surface area contributed by atoms with E-state index >= 15 is 0 Å². The molecule has 0 aliphatic rings. The maximum absolute atomic E-state index is 12.6. The second kappa shape index (κ2) is 6.88. The highest BCUT2D eigenvalue weighted by atomic mass is 79.9. The van der Waals surface area contributed by atoms with E-state index in [0.717, 1.165) is 20.5 Å². The van der Waals surface area contributed by atoms with Crippen molar-refractivity contribution in [3.63, 3.8) is 0 Å². The number of aromatic nitrogens is 2. The Balaban J connectivity index is 1.81. The molecule has 124 valence electrons. The van der Waals surface area contributed by atoms with Gasteiger partial charge in [0.1, 0.15) is 4.83 Å². The Kier molecular flexibility index (Phi) is 4.60. The van der Waals surface area contributed by atoms with Crippen molar-refractivity contribution in [2.24, 2.45) is 0 Å². The predicted molar refractivity (Wildman–Crippen MR) is 111 cm³/mol. The number of thiophene rings is 2. The van der Waals surface area contributed by atoms with E-state index in [1.54, 1.807) is 17.4 Å². The monoisotopic (exact) mass is 448 g/mol. The van der Waals surface area contributed by atoms with Gasteiger partial charge in [-0.1, -0.05) is 45.7 Å². The van der Waals surface area contributed by atoms with Crippen molar-refractivity contribution < 1.29 is 0 Å². The summed E-state index contributed by atoms with van der Waals surface area (Å²) in [6.45, 7) is 0. The molecule has 0 radical (unpaired) electrons. The molecule has 4 aromatic rings. The van der Waals surface area contributed by atoms with Crippen molar-refractivity contribution in [3.05, 3.63) is 73.4 Å². The van der Waals surface area contributed by atoms with E-state index in [1.807, 2.05) is 47.2 Å². The molecule has 0 unspecified atom stereocenters. The topological polar surface area (TPSA) is 45.8 Å². The van der Waals surface area contributed by atoms with Gasteiger partial charge in [0.05, 0.1) is 10.4 Å². The van der Waals surface area contributed by atoms with Crippen molar-refractivity contribution in [1.29, 1.82) is 0 Å². The zero-order valence-electron chi connectivity index (χ0n) is 12.6. The van der Waals surface area contributed by atoms with Crippen LogP contribution in [0.25, 0.3) is 31.8 Å². The summed E-state index contributed by atoms with van der Waals surface area (Å²) in [5.41, 5.74) is 1.67. The third-order valence-corrected chi connectivity index (χ3v) is 6.16. The molecule has 0 aliphatic heterocycles. The number of hydrogen-bond donors (Lipinski definition) is 1. The van der Waals surface area contributed by atoms with Gasteiger partial charge in [-0.05, 0) is 35.2 Å². The molecule has 0 spiro atoms. The molecular formula is C18H10BrClN2OS2. The number of hydrogen-bond acceptors (Lipinski definition) is 4. The number of rotatable bonds is 3. The van der Waals surface area contributed by atoms with Crippen molar-refractivity contribution in [1.82, 2.24) is 9.97 Å². The zero-order chi connectivity index (χ0) is 17.4. The summed E-state index contributed by atoms with van der Waals surface area (Å²) in [5, 5.41) is 4.97. The average Bonchev–Trinajstić information content (AvgIpc) is 3.23. The lowest BCUT2D eigenvalue weighted by atomic mass is 10.2. The lowest BCUT2D eigenvalue weighted by Crippen LogP contribution is -2.10. The highest BCUT2D eigenvalue weighted by Crippen LogP contribution is 2.34. The van der Waals surface area contributed by atoms with Crippen LogP contribution in [0, 0.1) is 0 Å². The Morgan fingerprint density at radius 2 is 2.12 bits per heavy atom. The largest absolute Gasteiger partial charge is 0.305 e. The lowest BCUT2D eigenvalue weighted by Gasteiger charge is -2.01. The summed E-state index contributed by atoms with van der Waals surface area (Å²) in [5.74, 6) is 0.374. The maximum atomic E-state index is 12.6. The van der Waals surface area contributed by atoms with Crippen molar-refractivity contribution in [3.8, 4) is 10.4 Å². The highest BCUT2D eigenvalue weighted by Gasteiger charge is 2.14. The molecule has 0 saturated heterocycles. The van der Waals surface area contributed by atoms with Crippen molar-refractivity contribution in [2.45, 2.75) is 0 Å². The molecule has 1 N–H and O–H groups in total. The van der Waals surface area contributed by atoms with E-state index in [-0.39, 0.29) is 5.56 Å².